The van der Waals surface area contributed by atoms with Crippen LogP contribution >= 0.6 is 0 Å². The van der Waals surface area contributed by atoms with Gasteiger partial charge in [-0.05, 0) is 43.4 Å². The molecule has 3 rings (SSSR count). The Labute approximate surface area is 180 Å². The van der Waals surface area contributed by atoms with Crippen LogP contribution < -0.4 is 0 Å². The van der Waals surface area contributed by atoms with E-state index in [2.05, 4.69) is 0 Å². The monoisotopic (exact) mass is 439 g/mol. The van der Waals surface area contributed by atoms with Gasteiger partial charge in [-0.15, -0.1) is 0 Å². The second-order valence-electron chi connectivity index (χ2n) is 7.12. The number of nitro benzene ring substituents is 1. The predicted octanol–water partition coefficient (Wildman–Crippen LogP) is 4.64. The molecule has 0 fully saturated rings. The summed E-state index contributed by atoms with van der Waals surface area (Å²) in [5.74, 6) is -0.261. The number of unbranched alkanes of at least 4 members (excludes halogenated alkanes) is 1. The molecule has 0 saturated heterocycles. The van der Waals surface area contributed by atoms with Crippen molar-refractivity contribution in [2.45, 2.75) is 30.6 Å². The molecule has 7 nitrogen and oxygen atoms in total. The summed E-state index contributed by atoms with van der Waals surface area (Å²) in [7, 11) is -4.21. The summed E-state index contributed by atoms with van der Waals surface area (Å²) in [6, 6.07) is 19.2. The second kappa shape index (κ2) is 9.63. The van der Waals surface area contributed by atoms with Crippen molar-refractivity contribution in [2.24, 2.45) is 0 Å². The third-order valence-corrected chi connectivity index (χ3v) is 5.83. The summed E-state index contributed by atoms with van der Waals surface area (Å²) in [5, 5.41) is 11.5. The Bertz CT molecular complexity index is 1190. The first kappa shape index (κ1) is 22.3. The number of nitro groups is 1. The van der Waals surface area contributed by atoms with E-state index in [0.29, 0.717) is 30.4 Å². The first-order chi connectivity index (χ1) is 14.8. The molecule has 0 bridgehead atoms. The van der Waals surface area contributed by atoms with Crippen molar-refractivity contribution in [3.05, 3.63) is 105 Å². The fourth-order valence-electron chi connectivity index (χ4n) is 3.32. The number of ketones is 1. The molecule has 1 N–H and O–H groups in total. The van der Waals surface area contributed by atoms with Crippen LogP contribution in [0.2, 0.25) is 0 Å². The molecule has 0 saturated carbocycles. The van der Waals surface area contributed by atoms with E-state index in [0.717, 1.165) is 12.0 Å². The van der Waals surface area contributed by atoms with Crippen LogP contribution in [-0.4, -0.2) is 23.7 Å². The number of hydrogen-bond acceptors (Lipinski definition) is 5. The van der Waals surface area contributed by atoms with Gasteiger partial charge in [0.1, 0.15) is 0 Å². The molecule has 0 radical (unpaired) electrons. The molecule has 0 unspecified atom stereocenters. The average Bonchev–Trinajstić information content (AvgIpc) is 2.76. The van der Waals surface area contributed by atoms with Gasteiger partial charge in [-0.2, -0.15) is 8.42 Å². The van der Waals surface area contributed by atoms with E-state index in [9.17, 15) is 23.3 Å². The first-order valence-electron chi connectivity index (χ1n) is 9.69. The zero-order valence-corrected chi connectivity index (χ0v) is 17.4. The van der Waals surface area contributed by atoms with Crippen LogP contribution in [0.15, 0.2) is 77.7 Å². The maximum atomic E-state index is 12.6. The lowest BCUT2D eigenvalue weighted by molar-refractivity contribution is -0.385. The molecular weight excluding hydrogens is 418 g/mol. The molecule has 0 aliphatic rings. The van der Waals surface area contributed by atoms with Gasteiger partial charge in [0.2, 0.25) is 0 Å². The highest BCUT2D eigenvalue weighted by Gasteiger charge is 2.18. The van der Waals surface area contributed by atoms with Crippen LogP contribution in [-0.2, 0) is 23.0 Å². The van der Waals surface area contributed by atoms with E-state index >= 15 is 0 Å². The fraction of sp³-hybridized carbons (Fsp3) is 0.174. The predicted molar refractivity (Wildman–Crippen MR) is 116 cm³/mol. The largest absolute Gasteiger partial charge is 0.294 e. The molecule has 31 heavy (non-hydrogen) atoms. The Kier molecular flexibility index (Phi) is 6.94. The quantitative estimate of drug-likeness (QED) is 0.171. The summed E-state index contributed by atoms with van der Waals surface area (Å²) >= 11 is 0. The van der Waals surface area contributed by atoms with Crippen LogP contribution in [0.3, 0.4) is 0 Å². The van der Waals surface area contributed by atoms with E-state index in [1.807, 2.05) is 0 Å². The molecule has 8 heteroatoms. The van der Waals surface area contributed by atoms with Crippen molar-refractivity contribution in [1.82, 2.24) is 0 Å². The number of benzene rings is 3. The zero-order valence-electron chi connectivity index (χ0n) is 16.6. The van der Waals surface area contributed by atoms with Crippen LogP contribution in [0.5, 0.6) is 0 Å². The zero-order chi connectivity index (χ0) is 22.4. The van der Waals surface area contributed by atoms with Gasteiger partial charge in [-0.1, -0.05) is 54.6 Å². The second-order valence-corrected chi connectivity index (χ2v) is 8.54. The van der Waals surface area contributed by atoms with E-state index in [4.69, 9.17) is 4.55 Å². The number of nitrogens with zero attached hydrogens (tertiary/aromatic N) is 1. The van der Waals surface area contributed by atoms with Crippen molar-refractivity contribution in [2.75, 3.05) is 0 Å². The molecule has 0 spiro atoms. The van der Waals surface area contributed by atoms with Crippen LogP contribution in [0, 0.1) is 10.1 Å². The standard InChI is InChI=1S/C23H21NO6S/c25-23(19-8-2-1-3-9-19)20-13-12-18(22(16-20)24(26)27)7-5-4-6-17-10-14-21(15-11-17)31(28,29)30/h1-3,8-16H,4-7H2,(H,28,29,30). The SMILES string of the molecule is O=C(c1ccccc1)c1ccc(CCCCc2ccc(S(=O)(=O)O)cc2)c([N+](=O)[O-])c1. The molecule has 0 amide bonds. The third-order valence-electron chi connectivity index (χ3n) is 4.96. The number of rotatable bonds is 9. The minimum atomic E-state index is -4.21. The average molecular weight is 439 g/mol. The molecule has 0 aliphatic carbocycles. The van der Waals surface area contributed by atoms with Gasteiger partial charge in [0.25, 0.3) is 15.8 Å². The Morgan fingerprint density at radius 1 is 0.871 bits per heavy atom. The Morgan fingerprint density at radius 3 is 2.13 bits per heavy atom. The van der Waals surface area contributed by atoms with Crippen molar-refractivity contribution in [3.8, 4) is 0 Å². The highest BCUT2D eigenvalue weighted by atomic mass is 32.2. The third kappa shape index (κ3) is 5.84. The molecule has 0 aromatic heterocycles. The molecule has 0 aliphatic heterocycles. The van der Waals surface area contributed by atoms with E-state index in [-0.39, 0.29) is 21.9 Å². The lowest BCUT2D eigenvalue weighted by Gasteiger charge is -2.07. The van der Waals surface area contributed by atoms with E-state index in [1.165, 1.54) is 18.2 Å². The summed E-state index contributed by atoms with van der Waals surface area (Å²) in [5.41, 5.74) is 2.16. The smallest absolute Gasteiger partial charge is 0.289 e. The molecular formula is C23H21NO6S. The summed E-state index contributed by atoms with van der Waals surface area (Å²) in [6.07, 6.45) is 2.59. The highest BCUT2D eigenvalue weighted by molar-refractivity contribution is 7.85. The minimum absolute atomic E-state index is 0.0701. The Balaban J connectivity index is 1.63. The molecule has 0 atom stereocenters. The van der Waals surface area contributed by atoms with Gasteiger partial charge in [0.05, 0.1) is 9.82 Å². The highest BCUT2D eigenvalue weighted by Crippen LogP contribution is 2.24. The van der Waals surface area contributed by atoms with Crippen LogP contribution in [0.1, 0.15) is 39.9 Å². The number of carbonyl (C=O) groups is 1. The maximum absolute atomic E-state index is 12.6. The van der Waals surface area contributed by atoms with E-state index in [1.54, 1.807) is 54.6 Å². The van der Waals surface area contributed by atoms with Gasteiger partial charge >= 0.3 is 0 Å². The van der Waals surface area contributed by atoms with Gasteiger partial charge < -0.3 is 0 Å². The topological polar surface area (TPSA) is 115 Å². The van der Waals surface area contributed by atoms with Crippen molar-refractivity contribution in [3.63, 3.8) is 0 Å². The molecule has 3 aromatic carbocycles. The molecule has 160 valence electrons. The van der Waals surface area contributed by atoms with Gasteiger partial charge in [0.15, 0.2) is 5.78 Å². The fourth-order valence-corrected chi connectivity index (χ4v) is 3.80. The minimum Gasteiger partial charge on any atom is -0.289 e. The number of hydrogen-bond donors (Lipinski definition) is 1. The van der Waals surface area contributed by atoms with Crippen LogP contribution in [0.25, 0.3) is 0 Å². The maximum Gasteiger partial charge on any atom is 0.294 e. The van der Waals surface area contributed by atoms with E-state index < -0.39 is 15.0 Å². The first-order valence-corrected chi connectivity index (χ1v) is 11.1. The van der Waals surface area contributed by atoms with Crippen molar-refractivity contribution >= 4 is 21.6 Å². The summed E-state index contributed by atoms with van der Waals surface area (Å²) in [6.45, 7) is 0. The number of carbonyl (C=O) groups excluding carboxylic acids is 1. The van der Waals surface area contributed by atoms with Gasteiger partial charge in [-0.3, -0.25) is 19.5 Å². The lowest BCUT2D eigenvalue weighted by Crippen LogP contribution is -2.04. The van der Waals surface area contributed by atoms with Crippen LogP contribution in [0.4, 0.5) is 5.69 Å². The molecule has 0 heterocycles. The summed E-state index contributed by atoms with van der Waals surface area (Å²) in [4.78, 5) is 23.5. The summed E-state index contributed by atoms with van der Waals surface area (Å²) < 4.78 is 31.2. The van der Waals surface area contributed by atoms with Gasteiger partial charge in [0, 0.05) is 22.8 Å². The Hall–Kier alpha value is -3.36. The van der Waals surface area contributed by atoms with Crippen molar-refractivity contribution in [1.29, 1.82) is 0 Å². The van der Waals surface area contributed by atoms with Gasteiger partial charge in [-0.25, -0.2) is 0 Å². The number of aryl methyl sites for hydroxylation is 2. The molecule has 3 aromatic rings. The lowest BCUT2D eigenvalue weighted by atomic mass is 9.98. The van der Waals surface area contributed by atoms with Crippen molar-refractivity contribution < 1.29 is 22.7 Å². The normalized spacial score (nSPS) is 11.3. The Morgan fingerprint density at radius 2 is 1.52 bits per heavy atom.